The molecule has 7 heteroatoms. The van der Waals surface area contributed by atoms with Crippen LogP contribution < -0.4 is 5.32 Å². The van der Waals surface area contributed by atoms with Gasteiger partial charge in [0.15, 0.2) is 11.0 Å². The van der Waals surface area contributed by atoms with Crippen molar-refractivity contribution in [1.82, 2.24) is 14.8 Å². The van der Waals surface area contributed by atoms with E-state index in [4.69, 9.17) is 11.6 Å². The third-order valence-corrected chi connectivity index (χ3v) is 6.06. The Bertz CT molecular complexity index is 1210. The molecule has 4 rings (SSSR count). The number of para-hydroxylation sites is 1. The van der Waals surface area contributed by atoms with Gasteiger partial charge in [-0.2, -0.15) is 0 Å². The Morgan fingerprint density at radius 2 is 1.71 bits per heavy atom. The van der Waals surface area contributed by atoms with Crippen LogP contribution in [0.25, 0.3) is 17.1 Å². The van der Waals surface area contributed by atoms with Gasteiger partial charge in [0, 0.05) is 16.3 Å². The fourth-order valence-corrected chi connectivity index (χ4v) is 3.97. The SMILES string of the molecule is Cc1ccc(-n2c(SCC(=O)Nc3ccccc3)nnc2-c2ccc(Cl)cc2)cc1C. The number of nitrogens with one attached hydrogen (secondary N) is 1. The molecule has 0 atom stereocenters. The number of hydrogen-bond acceptors (Lipinski definition) is 4. The number of thioether (sulfide) groups is 1. The minimum atomic E-state index is -0.0983. The maximum atomic E-state index is 12.4. The average molecular weight is 449 g/mol. The van der Waals surface area contributed by atoms with Crippen molar-refractivity contribution >= 4 is 35.0 Å². The van der Waals surface area contributed by atoms with E-state index >= 15 is 0 Å². The number of anilines is 1. The van der Waals surface area contributed by atoms with Gasteiger partial charge in [-0.1, -0.05) is 47.6 Å². The van der Waals surface area contributed by atoms with E-state index in [1.807, 2.05) is 65.2 Å². The van der Waals surface area contributed by atoms with Crippen LogP contribution in [0.4, 0.5) is 5.69 Å². The molecule has 0 bridgehead atoms. The highest BCUT2D eigenvalue weighted by Crippen LogP contribution is 2.29. The van der Waals surface area contributed by atoms with E-state index in [2.05, 4.69) is 41.5 Å². The van der Waals surface area contributed by atoms with Crippen molar-refractivity contribution in [3.05, 3.63) is 88.9 Å². The van der Waals surface area contributed by atoms with Gasteiger partial charge >= 0.3 is 0 Å². The second-order valence-electron chi connectivity index (χ2n) is 7.12. The number of carbonyl (C=O) groups is 1. The van der Waals surface area contributed by atoms with Crippen LogP contribution in [0, 0.1) is 13.8 Å². The summed E-state index contributed by atoms with van der Waals surface area (Å²) in [6, 6.07) is 23.1. The topological polar surface area (TPSA) is 59.8 Å². The van der Waals surface area contributed by atoms with Gasteiger partial charge in [0.05, 0.1) is 11.4 Å². The lowest BCUT2D eigenvalue weighted by molar-refractivity contribution is -0.113. The van der Waals surface area contributed by atoms with Crippen molar-refractivity contribution < 1.29 is 4.79 Å². The summed E-state index contributed by atoms with van der Waals surface area (Å²) >= 11 is 7.41. The standard InChI is InChI=1S/C24H21ClN4OS/c1-16-8-13-21(14-17(16)2)29-23(18-9-11-19(25)12-10-18)27-28-24(29)31-15-22(30)26-20-6-4-3-5-7-20/h3-14H,15H2,1-2H3,(H,26,30). The number of amides is 1. The summed E-state index contributed by atoms with van der Waals surface area (Å²) in [6.45, 7) is 4.15. The Morgan fingerprint density at radius 3 is 2.42 bits per heavy atom. The van der Waals surface area contributed by atoms with Gasteiger partial charge in [-0.25, -0.2) is 0 Å². The molecule has 156 valence electrons. The molecule has 1 N–H and O–H groups in total. The van der Waals surface area contributed by atoms with Gasteiger partial charge in [-0.3, -0.25) is 9.36 Å². The normalized spacial score (nSPS) is 10.8. The third-order valence-electron chi connectivity index (χ3n) is 4.87. The van der Waals surface area contributed by atoms with Crippen molar-refractivity contribution in [1.29, 1.82) is 0 Å². The van der Waals surface area contributed by atoms with E-state index in [0.29, 0.717) is 16.0 Å². The molecular weight excluding hydrogens is 428 g/mol. The highest BCUT2D eigenvalue weighted by atomic mass is 35.5. The molecule has 0 radical (unpaired) electrons. The first-order chi connectivity index (χ1) is 15.0. The Kier molecular flexibility index (Phi) is 6.39. The zero-order valence-electron chi connectivity index (χ0n) is 17.2. The van der Waals surface area contributed by atoms with Gasteiger partial charge in [0.25, 0.3) is 0 Å². The van der Waals surface area contributed by atoms with Crippen LogP contribution in [-0.4, -0.2) is 26.4 Å². The van der Waals surface area contributed by atoms with Crippen LogP contribution in [0.15, 0.2) is 78.0 Å². The lowest BCUT2D eigenvalue weighted by atomic mass is 10.1. The average Bonchev–Trinajstić information content (AvgIpc) is 3.19. The highest BCUT2D eigenvalue weighted by molar-refractivity contribution is 7.99. The monoisotopic (exact) mass is 448 g/mol. The number of rotatable bonds is 6. The largest absolute Gasteiger partial charge is 0.325 e. The van der Waals surface area contributed by atoms with Crippen molar-refractivity contribution in [2.45, 2.75) is 19.0 Å². The Morgan fingerprint density at radius 1 is 0.968 bits per heavy atom. The number of carbonyl (C=O) groups excluding carboxylic acids is 1. The second-order valence-corrected chi connectivity index (χ2v) is 8.50. The molecule has 1 aromatic heterocycles. The van der Waals surface area contributed by atoms with Gasteiger partial charge in [-0.15, -0.1) is 10.2 Å². The van der Waals surface area contributed by atoms with Crippen molar-refractivity contribution in [2.75, 3.05) is 11.1 Å². The number of aromatic nitrogens is 3. The molecule has 5 nitrogen and oxygen atoms in total. The van der Waals surface area contributed by atoms with Gasteiger partial charge < -0.3 is 5.32 Å². The predicted molar refractivity (Wildman–Crippen MR) is 127 cm³/mol. The highest BCUT2D eigenvalue weighted by Gasteiger charge is 2.18. The number of nitrogens with zero attached hydrogens (tertiary/aromatic N) is 3. The fraction of sp³-hybridized carbons (Fsp3) is 0.125. The van der Waals surface area contributed by atoms with Gasteiger partial charge in [0.2, 0.25) is 5.91 Å². The minimum Gasteiger partial charge on any atom is -0.325 e. The van der Waals surface area contributed by atoms with E-state index in [1.165, 1.54) is 22.9 Å². The molecule has 0 saturated heterocycles. The predicted octanol–water partition coefficient (Wildman–Crippen LogP) is 5.94. The quantitative estimate of drug-likeness (QED) is 0.371. The summed E-state index contributed by atoms with van der Waals surface area (Å²) in [6.07, 6.45) is 0. The summed E-state index contributed by atoms with van der Waals surface area (Å²) in [5.41, 5.74) is 5.00. The third kappa shape index (κ3) is 4.98. The van der Waals surface area contributed by atoms with E-state index in [1.54, 1.807) is 0 Å². The molecule has 0 fully saturated rings. The van der Waals surface area contributed by atoms with Crippen molar-refractivity contribution in [2.24, 2.45) is 0 Å². The van der Waals surface area contributed by atoms with E-state index in [9.17, 15) is 4.79 Å². The molecular formula is C24H21ClN4OS. The first kappa shape index (κ1) is 21.2. The zero-order valence-corrected chi connectivity index (χ0v) is 18.7. The maximum absolute atomic E-state index is 12.4. The van der Waals surface area contributed by atoms with E-state index in [0.717, 1.165) is 16.9 Å². The Balaban J connectivity index is 1.64. The lowest BCUT2D eigenvalue weighted by Crippen LogP contribution is -2.14. The van der Waals surface area contributed by atoms with Crippen LogP contribution in [0.1, 0.15) is 11.1 Å². The lowest BCUT2D eigenvalue weighted by Gasteiger charge is -2.12. The summed E-state index contributed by atoms with van der Waals surface area (Å²) in [5.74, 6) is 0.822. The first-order valence-electron chi connectivity index (χ1n) is 9.78. The molecule has 0 unspecified atom stereocenters. The molecule has 4 aromatic rings. The maximum Gasteiger partial charge on any atom is 0.234 e. The van der Waals surface area contributed by atoms with Crippen molar-refractivity contribution in [3.8, 4) is 17.1 Å². The smallest absolute Gasteiger partial charge is 0.234 e. The summed E-state index contributed by atoms with van der Waals surface area (Å²) < 4.78 is 1.98. The number of aryl methyl sites for hydroxylation is 2. The molecule has 31 heavy (non-hydrogen) atoms. The van der Waals surface area contributed by atoms with Crippen LogP contribution in [-0.2, 0) is 4.79 Å². The van der Waals surface area contributed by atoms with Crippen LogP contribution in [0.5, 0.6) is 0 Å². The molecule has 0 aliphatic heterocycles. The van der Waals surface area contributed by atoms with Gasteiger partial charge in [0.1, 0.15) is 0 Å². The van der Waals surface area contributed by atoms with E-state index < -0.39 is 0 Å². The second kappa shape index (κ2) is 9.37. The fourth-order valence-electron chi connectivity index (χ4n) is 3.10. The van der Waals surface area contributed by atoms with Gasteiger partial charge in [-0.05, 0) is 73.5 Å². The molecule has 0 saturated carbocycles. The number of hydrogen-bond donors (Lipinski definition) is 1. The zero-order chi connectivity index (χ0) is 21.8. The van der Waals surface area contributed by atoms with Crippen LogP contribution in [0.3, 0.4) is 0 Å². The Labute approximate surface area is 190 Å². The van der Waals surface area contributed by atoms with Crippen LogP contribution in [0.2, 0.25) is 5.02 Å². The molecule has 3 aromatic carbocycles. The molecule has 0 spiro atoms. The Hall–Kier alpha value is -3.09. The number of benzene rings is 3. The molecule has 1 amide bonds. The molecule has 0 aliphatic rings. The number of halogens is 1. The van der Waals surface area contributed by atoms with Crippen LogP contribution >= 0.6 is 23.4 Å². The summed E-state index contributed by atoms with van der Waals surface area (Å²) in [4.78, 5) is 12.4. The van der Waals surface area contributed by atoms with E-state index in [-0.39, 0.29) is 11.7 Å². The van der Waals surface area contributed by atoms with Crippen molar-refractivity contribution in [3.63, 3.8) is 0 Å². The first-order valence-corrected chi connectivity index (χ1v) is 11.1. The molecule has 0 aliphatic carbocycles. The summed E-state index contributed by atoms with van der Waals surface area (Å²) in [7, 11) is 0. The molecule has 1 heterocycles. The summed E-state index contributed by atoms with van der Waals surface area (Å²) in [5, 5.41) is 13.0. The minimum absolute atomic E-state index is 0.0983.